The fourth-order valence-electron chi connectivity index (χ4n) is 3.10. The number of nitrogen functional groups attached to an aromatic ring is 1. The second-order valence-electron chi connectivity index (χ2n) is 6.38. The van der Waals surface area contributed by atoms with E-state index in [-0.39, 0.29) is 29.9 Å². The molecular formula is C20H15F3N4O. The van der Waals surface area contributed by atoms with Crippen molar-refractivity contribution in [2.24, 2.45) is 0 Å². The van der Waals surface area contributed by atoms with Crippen LogP contribution in [0, 0.1) is 17.5 Å². The van der Waals surface area contributed by atoms with E-state index in [1.54, 1.807) is 16.8 Å². The van der Waals surface area contributed by atoms with Crippen molar-refractivity contribution in [3.63, 3.8) is 0 Å². The molecule has 0 fully saturated rings. The van der Waals surface area contributed by atoms with Gasteiger partial charge in [0.05, 0.1) is 29.8 Å². The van der Waals surface area contributed by atoms with Gasteiger partial charge in [0.15, 0.2) is 0 Å². The molecule has 2 heterocycles. The van der Waals surface area contributed by atoms with Crippen molar-refractivity contribution >= 4 is 16.7 Å². The molecule has 2 N–H and O–H groups in total. The number of nitrogens with two attached hydrogens (primary N) is 1. The molecule has 28 heavy (non-hydrogen) atoms. The van der Waals surface area contributed by atoms with Gasteiger partial charge in [-0.15, -0.1) is 0 Å². The smallest absolute Gasteiger partial charge is 0.274 e. The summed E-state index contributed by atoms with van der Waals surface area (Å²) in [5, 5.41) is 0. The highest BCUT2D eigenvalue weighted by atomic mass is 19.1. The van der Waals surface area contributed by atoms with Gasteiger partial charge in [0.2, 0.25) is 0 Å². The lowest BCUT2D eigenvalue weighted by Crippen LogP contribution is -2.24. The lowest BCUT2D eigenvalue weighted by atomic mass is 10.2. The van der Waals surface area contributed by atoms with Gasteiger partial charge in [0, 0.05) is 23.9 Å². The Morgan fingerprint density at radius 1 is 0.964 bits per heavy atom. The SMILES string of the molecule is Nc1cccn(Cc2nc3cc(F)ccc3n2Cc2ccc(F)cc2F)c1=O. The lowest BCUT2D eigenvalue weighted by molar-refractivity contribution is 0.563. The molecule has 0 aliphatic carbocycles. The normalized spacial score (nSPS) is 11.2. The van der Waals surface area contributed by atoms with Crippen LogP contribution in [-0.4, -0.2) is 14.1 Å². The number of anilines is 1. The molecule has 0 atom stereocenters. The number of benzene rings is 2. The minimum absolute atomic E-state index is 0.0423. The second kappa shape index (κ2) is 6.88. The minimum atomic E-state index is -0.698. The van der Waals surface area contributed by atoms with E-state index in [1.165, 1.54) is 41.0 Å². The number of hydrogen-bond donors (Lipinski definition) is 1. The summed E-state index contributed by atoms with van der Waals surface area (Å²) in [6.07, 6.45) is 1.56. The average molecular weight is 384 g/mol. The zero-order valence-electron chi connectivity index (χ0n) is 14.6. The predicted molar refractivity (Wildman–Crippen MR) is 99.4 cm³/mol. The molecule has 0 saturated heterocycles. The Bertz CT molecular complexity index is 1250. The van der Waals surface area contributed by atoms with Crippen LogP contribution in [0.4, 0.5) is 18.9 Å². The summed E-state index contributed by atoms with van der Waals surface area (Å²) in [7, 11) is 0. The van der Waals surface area contributed by atoms with E-state index in [9.17, 15) is 18.0 Å². The van der Waals surface area contributed by atoms with Crippen LogP contribution in [0.1, 0.15) is 11.4 Å². The molecule has 0 unspecified atom stereocenters. The number of pyridine rings is 1. The number of aromatic nitrogens is 3. The molecule has 142 valence electrons. The zero-order chi connectivity index (χ0) is 19.8. The molecule has 4 rings (SSSR count). The van der Waals surface area contributed by atoms with Crippen LogP contribution >= 0.6 is 0 Å². The molecule has 4 aromatic rings. The summed E-state index contributed by atoms with van der Waals surface area (Å²) in [6, 6.07) is 10.5. The number of halogens is 3. The Hall–Kier alpha value is -3.55. The van der Waals surface area contributed by atoms with Crippen molar-refractivity contribution in [3.05, 3.63) is 93.9 Å². The summed E-state index contributed by atoms with van der Waals surface area (Å²) < 4.78 is 44.1. The van der Waals surface area contributed by atoms with Crippen LogP contribution in [0.5, 0.6) is 0 Å². The third-order valence-corrected chi connectivity index (χ3v) is 4.49. The Kier molecular flexibility index (Phi) is 4.38. The first-order chi connectivity index (χ1) is 13.4. The summed E-state index contributed by atoms with van der Waals surface area (Å²) >= 11 is 0. The van der Waals surface area contributed by atoms with Crippen molar-refractivity contribution in [2.75, 3.05) is 5.73 Å². The van der Waals surface area contributed by atoms with Gasteiger partial charge in [-0.25, -0.2) is 18.2 Å². The standard InChI is InChI=1S/C20H15F3N4O/c21-13-4-3-12(15(23)8-13)10-27-18-6-5-14(22)9-17(18)25-19(27)11-26-7-1-2-16(24)20(26)28/h1-9H,10-11,24H2. The van der Waals surface area contributed by atoms with Crippen LogP contribution in [0.15, 0.2) is 59.5 Å². The summed E-state index contributed by atoms with van der Waals surface area (Å²) in [6.45, 7) is 0.101. The van der Waals surface area contributed by atoms with Gasteiger partial charge in [0.25, 0.3) is 5.56 Å². The molecule has 0 spiro atoms. The van der Waals surface area contributed by atoms with Crippen molar-refractivity contribution in [3.8, 4) is 0 Å². The Labute approximate surface area is 157 Å². The maximum absolute atomic E-state index is 14.2. The highest BCUT2D eigenvalue weighted by Crippen LogP contribution is 2.21. The number of rotatable bonds is 4. The number of hydrogen-bond acceptors (Lipinski definition) is 3. The number of nitrogens with zero attached hydrogens (tertiary/aromatic N) is 3. The van der Waals surface area contributed by atoms with Gasteiger partial charge in [-0.1, -0.05) is 6.07 Å². The molecule has 2 aromatic carbocycles. The Morgan fingerprint density at radius 2 is 1.71 bits per heavy atom. The average Bonchev–Trinajstić information content (AvgIpc) is 2.97. The third kappa shape index (κ3) is 3.24. The first-order valence-electron chi connectivity index (χ1n) is 8.46. The van der Waals surface area contributed by atoms with E-state index >= 15 is 0 Å². The molecule has 0 aliphatic rings. The van der Waals surface area contributed by atoms with E-state index in [1.807, 2.05) is 0 Å². The highest BCUT2D eigenvalue weighted by Gasteiger charge is 2.15. The van der Waals surface area contributed by atoms with E-state index in [2.05, 4.69) is 4.98 Å². The van der Waals surface area contributed by atoms with E-state index in [0.717, 1.165) is 6.07 Å². The minimum Gasteiger partial charge on any atom is -0.394 e. The van der Waals surface area contributed by atoms with Crippen LogP contribution in [0.2, 0.25) is 0 Å². The van der Waals surface area contributed by atoms with E-state index in [4.69, 9.17) is 5.73 Å². The van der Waals surface area contributed by atoms with Gasteiger partial charge in [0.1, 0.15) is 23.3 Å². The van der Waals surface area contributed by atoms with Gasteiger partial charge >= 0.3 is 0 Å². The molecule has 5 nitrogen and oxygen atoms in total. The largest absolute Gasteiger partial charge is 0.394 e. The number of fused-ring (bicyclic) bond motifs is 1. The van der Waals surface area contributed by atoms with Crippen LogP contribution in [0.25, 0.3) is 11.0 Å². The maximum atomic E-state index is 14.2. The fraction of sp³-hybridized carbons (Fsp3) is 0.100. The molecule has 0 amide bonds. The molecular weight excluding hydrogens is 369 g/mol. The summed E-state index contributed by atoms with van der Waals surface area (Å²) in [4.78, 5) is 16.7. The second-order valence-corrected chi connectivity index (χ2v) is 6.38. The Morgan fingerprint density at radius 3 is 2.50 bits per heavy atom. The topological polar surface area (TPSA) is 65.8 Å². The van der Waals surface area contributed by atoms with Crippen LogP contribution in [-0.2, 0) is 13.1 Å². The fourth-order valence-corrected chi connectivity index (χ4v) is 3.10. The van der Waals surface area contributed by atoms with Gasteiger partial charge in [-0.2, -0.15) is 0 Å². The summed E-state index contributed by atoms with van der Waals surface area (Å²) in [5.74, 6) is -1.42. The molecule has 2 aromatic heterocycles. The first kappa shape index (κ1) is 17.8. The zero-order valence-corrected chi connectivity index (χ0v) is 14.6. The quantitative estimate of drug-likeness (QED) is 0.587. The maximum Gasteiger partial charge on any atom is 0.274 e. The van der Waals surface area contributed by atoms with Gasteiger partial charge < -0.3 is 14.9 Å². The molecule has 0 bridgehead atoms. The highest BCUT2D eigenvalue weighted by molar-refractivity contribution is 5.76. The lowest BCUT2D eigenvalue weighted by Gasteiger charge is -2.12. The van der Waals surface area contributed by atoms with Crippen molar-refractivity contribution in [1.82, 2.24) is 14.1 Å². The van der Waals surface area contributed by atoms with Gasteiger partial charge in [-0.3, -0.25) is 4.79 Å². The van der Waals surface area contributed by atoms with Crippen molar-refractivity contribution in [1.29, 1.82) is 0 Å². The van der Waals surface area contributed by atoms with Crippen LogP contribution < -0.4 is 11.3 Å². The van der Waals surface area contributed by atoms with Crippen molar-refractivity contribution in [2.45, 2.75) is 13.1 Å². The van der Waals surface area contributed by atoms with E-state index < -0.39 is 17.5 Å². The molecule has 0 saturated carbocycles. The molecule has 0 aliphatic heterocycles. The van der Waals surface area contributed by atoms with Crippen LogP contribution in [0.3, 0.4) is 0 Å². The monoisotopic (exact) mass is 384 g/mol. The number of imidazole rings is 1. The Balaban J connectivity index is 1.84. The predicted octanol–water partition coefficient (Wildman–Crippen LogP) is 3.29. The van der Waals surface area contributed by atoms with E-state index in [0.29, 0.717) is 16.9 Å². The third-order valence-electron chi connectivity index (χ3n) is 4.49. The van der Waals surface area contributed by atoms with Gasteiger partial charge in [-0.05, 0) is 30.3 Å². The molecule has 8 heteroatoms. The summed E-state index contributed by atoms with van der Waals surface area (Å²) in [5.41, 5.74) is 6.54. The van der Waals surface area contributed by atoms with Crippen molar-refractivity contribution < 1.29 is 13.2 Å². The first-order valence-corrected chi connectivity index (χ1v) is 8.46. The molecule has 0 radical (unpaired) electrons.